The molecule has 3 rings (SSSR count). The maximum Gasteiger partial charge on any atom is 0.0594 e. The molecule has 2 saturated heterocycles. The van der Waals surface area contributed by atoms with E-state index in [1.54, 1.807) is 0 Å². The van der Waals surface area contributed by atoms with Gasteiger partial charge in [-0.25, -0.2) is 0 Å². The highest BCUT2D eigenvalue weighted by Crippen LogP contribution is 2.25. The molecule has 120 valence electrons. The van der Waals surface area contributed by atoms with Gasteiger partial charge in [-0.05, 0) is 43.0 Å². The summed E-state index contributed by atoms with van der Waals surface area (Å²) < 4.78 is 5.39. The molecule has 0 aliphatic carbocycles. The van der Waals surface area contributed by atoms with Crippen LogP contribution >= 0.6 is 24.8 Å². The topological polar surface area (TPSA) is 24.5 Å². The minimum absolute atomic E-state index is 0. The van der Waals surface area contributed by atoms with Gasteiger partial charge in [0.1, 0.15) is 0 Å². The quantitative estimate of drug-likeness (QED) is 0.921. The molecular weight excluding hydrogens is 307 g/mol. The van der Waals surface area contributed by atoms with E-state index in [4.69, 9.17) is 4.74 Å². The van der Waals surface area contributed by atoms with Gasteiger partial charge in [-0.2, -0.15) is 0 Å². The standard InChI is InChI=1S/C16H24N2O.2ClH/c1-3-15(16-5-7-17-8-6-16)4-2-14(1)13-18-9-11-19-12-10-18;;/h1-4,16-17H,5-13H2;2*1H. The molecule has 1 aromatic rings. The Balaban J connectivity index is 0.00000110. The summed E-state index contributed by atoms with van der Waals surface area (Å²) in [5.74, 6) is 0.763. The van der Waals surface area contributed by atoms with Crippen molar-refractivity contribution in [2.75, 3.05) is 39.4 Å². The highest BCUT2D eigenvalue weighted by molar-refractivity contribution is 5.85. The predicted octanol–water partition coefficient (Wildman–Crippen LogP) is 2.83. The Morgan fingerprint density at radius 1 is 1.00 bits per heavy atom. The third-order valence-electron chi connectivity index (χ3n) is 4.30. The lowest BCUT2D eigenvalue weighted by atomic mass is 9.90. The SMILES string of the molecule is Cl.Cl.c1cc(C2CCNCC2)ccc1CN1CCOCC1. The van der Waals surface area contributed by atoms with E-state index in [1.807, 2.05) is 0 Å². The van der Waals surface area contributed by atoms with Crippen molar-refractivity contribution in [3.63, 3.8) is 0 Å². The van der Waals surface area contributed by atoms with Crippen molar-refractivity contribution in [2.24, 2.45) is 0 Å². The molecule has 5 heteroatoms. The van der Waals surface area contributed by atoms with Crippen molar-refractivity contribution >= 4 is 24.8 Å². The summed E-state index contributed by atoms with van der Waals surface area (Å²) in [5, 5.41) is 3.43. The summed E-state index contributed by atoms with van der Waals surface area (Å²) >= 11 is 0. The van der Waals surface area contributed by atoms with E-state index in [2.05, 4.69) is 34.5 Å². The van der Waals surface area contributed by atoms with Crippen LogP contribution in [0, 0.1) is 0 Å². The molecule has 0 saturated carbocycles. The average Bonchev–Trinajstić information content (AvgIpc) is 2.50. The van der Waals surface area contributed by atoms with Crippen molar-refractivity contribution in [1.29, 1.82) is 0 Å². The molecule has 1 N–H and O–H groups in total. The van der Waals surface area contributed by atoms with Crippen LogP contribution in [0.15, 0.2) is 24.3 Å². The van der Waals surface area contributed by atoms with Crippen LogP contribution in [0.25, 0.3) is 0 Å². The zero-order valence-electron chi connectivity index (χ0n) is 12.4. The molecule has 1 aromatic carbocycles. The van der Waals surface area contributed by atoms with Crippen LogP contribution in [0.4, 0.5) is 0 Å². The minimum atomic E-state index is 0. The first kappa shape index (κ1) is 18.7. The number of hydrogen-bond acceptors (Lipinski definition) is 3. The van der Waals surface area contributed by atoms with E-state index in [0.29, 0.717) is 0 Å². The molecule has 0 atom stereocenters. The zero-order valence-corrected chi connectivity index (χ0v) is 14.1. The van der Waals surface area contributed by atoms with Gasteiger partial charge < -0.3 is 10.1 Å². The third-order valence-corrected chi connectivity index (χ3v) is 4.30. The van der Waals surface area contributed by atoms with Crippen LogP contribution in [-0.4, -0.2) is 44.3 Å². The van der Waals surface area contributed by atoms with Crippen LogP contribution in [0.2, 0.25) is 0 Å². The molecule has 2 heterocycles. The van der Waals surface area contributed by atoms with Crippen LogP contribution in [0.5, 0.6) is 0 Å². The Hall–Kier alpha value is -0.320. The number of halogens is 2. The fraction of sp³-hybridized carbons (Fsp3) is 0.625. The third kappa shape index (κ3) is 5.42. The second-order valence-electron chi connectivity index (χ2n) is 5.65. The first-order chi connectivity index (χ1) is 9.42. The molecule has 0 aromatic heterocycles. The van der Waals surface area contributed by atoms with E-state index in [1.165, 1.54) is 37.1 Å². The molecule has 2 aliphatic heterocycles. The van der Waals surface area contributed by atoms with Crippen LogP contribution in [-0.2, 0) is 11.3 Å². The number of morpholine rings is 1. The number of nitrogens with zero attached hydrogens (tertiary/aromatic N) is 1. The number of hydrogen-bond donors (Lipinski definition) is 1. The lowest BCUT2D eigenvalue weighted by Crippen LogP contribution is -2.35. The van der Waals surface area contributed by atoms with Gasteiger partial charge in [0, 0.05) is 19.6 Å². The maximum absolute atomic E-state index is 5.39. The monoisotopic (exact) mass is 332 g/mol. The number of rotatable bonds is 3. The highest BCUT2D eigenvalue weighted by Gasteiger charge is 2.15. The molecule has 0 radical (unpaired) electrons. The lowest BCUT2D eigenvalue weighted by Gasteiger charge is -2.27. The van der Waals surface area contributed by atoms with Gasteiger partial charge in [-0.15, -0.1) is 24.8 Å². The molecule has 2 fully saturated rings. The van der Waals surface area contributed by atoms with Crippen LogP contribution < -0.4 is 5.32 Å². The minimum Gasteiger partial charge on any atom is -0.379 e. The van der Waals surface area contributed by atoms with Gasteiger partial charge in [-0.1, -0.05) is 24.3 Å². The van der Waals surface area contributed by atoms with Crippen molar-refractivity contribution in [3.05, 3.63) is 35.4 Å². The molecule has 0 bridgehead atoms. The first-order valence-corrected chi connectivity index (χ1v) is 7.51. The number of benzene rings is 1. The first-order valence-electron chi connectivity index (χ1n) is 7.51. The zero-order chi connectivity index (χ0) is 12.9. The van der Waals surface area contributed by atoms with Gasteiger partial charge >= 0.3 is 0 Å². The van der Waals surface area contributed by atoms with E-state index in [0.717, 1.165) is 38.8 Å². The van der Waals surface area contributed by atoms with E-state index >= 15 is 0 Å². The Labute approximate surface area is 140 Å². The molecule has 0 unspecified atom stereocenters. The number of ether oxygens (including phenoxy) is 1. The van der Waals surface area contributed by atoms with Crippen LogP contribution in [0.3, 0.4) is 0 Å². The summed E-state index contributed by atoms with van der Waals surface area (Å²) in [6.07, 6.45) is 2.56. The van der Waals surface area contributed by atoms with Gasteiger partial charge in [0.2, 0.25) is 0 Å². The lowest BCUT2D eigenvalue weighted by molar-refractivity contribution is 0.0342. The van der Waals surface area contributed by atoms with Gasteiger partial charge in [0.05, 0.1) is 13.2 Å². The predicted molar refractivity (Wildman–Crippen MR) is 91.9 cm³/mol. The van der Waals surface area contributed by atoms with Crippen molar-refractivity contribution in [3.8, 4) is 0 Å². The largest absolute Gasteiger partial charge is 0.379 e. The Morgan fingerprint density at radius 2 is 1.62 bits per heavy atom. The molecular formula is C16H26Cl2N2O. The molecule has 3 nitrogen and oxygen atoms in total. The summed E-state index contributed by atoms with van der Waals surface area (Å²) in [7, 11) is 0. The summed E-state index contributed by atoms with van der Waals surface area (Å²) in [6.45, 7) is 7.29. The number of piperidine rings is 1. The fourth-order valence-corrected chi connectivity index (χ4v) is 3.07. The Bertz CT molecular complexity index is 388. The summed E-state index contributed by atoms with van der Waals surface area (Å²) in [5.41, 5.74) is 2.95. The smallest absolute Gasteiger partial charge is 0.0594 e. The summed E-state index contributed by atoms with van der Waals surface area (Å²) in [4.78, 5) is 2.48. The normalized spacial score (nSPS) is 20.4. The van der Waals surface area contributed by atoms with Crippen molar-refractivity contribution < 1.29 is 4.74 Å². The van der Waals surface area contributed by atoms with Gasteiger partial charge in [0.25, 0.3) is 0 Å². The fourth-order valence-electron chi connectivity index (χ4n) is 3.07. The second kappa shape index (κ2) is 9.65. The van der Waals surface area contributed by atoms with Gasteiger partial charge in [0.15, 0.2) is 0 Å². The molecule has 0 amide bonds. The Morgan fingerprint density at radius 3 is 2.24 bits per heavy atom. The molecule has 2 aliphatic rings. The van der Waals surface area contributed by atoms with E-state index < -0.39 is 0 Å². The van der Waals surface area contributed by atoms with Gasteiger partial charge in [-0.3, -0.25) is 4.90 Å². The number of nitrogens with one attached hydrogen (secondary N) is 1. The summed E-state index contributed by atoms with van der Waals surface area (Å²) in [6, 6.07) is 9.30. The average molecular weight is 333 g/mol. The molecule has 21 heavy (non-hydrogen) atoms. The maximum atomic E-state index is 5.39. The Kier molecular flexibility index (Phi) is 8.60. The molecule has 0 spiro atoms. The van der Waals surface area contributed by atoms with E-state index in [-0.39, 0.29) is 24.8 Å². The second-order valence-corrected chi connectivity index (χ2v) is 5.65. The van der Waals surface area contributed by atoms with Crippen molar-refractivity contribution in [2.45, 2.75) is 25.3 Å². The van der Waals surface area contributed by atoms with Crippen LogP contribution in [0.1, 0.15) is 29.9 Å². The van der Waals surface area contributed by atoms with E-state index in [9.17, 15) is 0 Å². The van der Waals surface area contributed by atoms with Crippen molar-refractivity contribution in [1.82, 2.24) is 10.2 Å². The highest BCUT2D eigenvalue weighted by atomic mass is 35.5.